The molecule has 1 aliphatic rings. The van der Waals surface area contributed by atoms with Gasteiger partial charge in [0.25, 0.3) is 0 Å². The van der Waals surface area contributed by atoms with Gasteiger partial charge in [-0.3, -0.25) is 0 Å². The molecule has 0 bridgehead atoms. The molecule has 0 saturated carbocycles. The van der Waals surface area contributed by atoms with E-state index in [1.165, 1.54) is 5.56 Å². The molecule has 4 heteroatoms. The summed E-state index contributed by atoms with van der Waals surface area (Å²) in [5, 5.41) is 12.4. The second-order valence-electron chi connectivity index (χ2n) is 4.26. The minimum absolute atomic E-state index is 0.540. The highest BCUT2D eigenvalue weighted by molar-refractivity contribution is 6.02. The third-order valence-corrected chi connectivity index (χ3v) is 3.07. The minimum Gasteiger partial charge on any atom is -0.491 e. The number of aryl methyl sites for hydroxylation is 1. The van der Waals surface area contributed by atoms with E-state index >= 15 is 0 Å². The first-order chi connectivity index (χ1) is 8.85. The zero-order valence-corrected chi connectivity index (χ0v) is 10.7. The van der Waals surface area contributed by atoms with Crippen LogP contribution in [-0.4, -0.2) is 30.7 Å². The molecule has 0 radical (unpaired) electrons. The average Bonchev–Trinajstić information content (AvgIpc) is 2.43. The average molecular weight is 249 g/mol. The first-order valence-electron chi connectivity index (χ1n) is 6.40. The summed E-state index contributed by atoms with van der Waals surface area (Å²) in [6.45, 7) is 3.80. The molecule has 18 heavy (non-hydrogen) atoms. The highest BCUT2D eigenvalue weighted by atomic mass is 16.5. The molecule has 0 atom stereocenters. The number of ether oxygens (including phenoxy) is 2. The summed E-state index contributed by atoms with van der Waals surface area (Å²) in [4.78, 5) is 0. The summed E-state index contributed by atoms with van der Waals surface area (Å²) in [5.74, 6) is 0.802. The smallest absolute Gasteiger partial charge is 0.120 e. The summed E-state index contributed by atoms with van der Waals surface area (Å²) in [7, 11) is 0. The maximum absolute atomic E-state index is 9.00. The fourth-order valence-corrected chi connectivity index (χ4v) is 2.18. The van der Waals surface area contributed by atoms with Gasteiger partial charge in [0.1, 0.15) is 12.4 Å². The first kappa shape index (κ1) is 12.9. The second-order valence-corrected chi connectivity index (χ2v) is 4.26. The van der Waals surface area contributed by atoms with E-state index in [4.69, 9.17) is 14.7 Å². The van der Waals surface area contributed by atoms with Gasteiger partial charge in [0, 0.05) is 12.2 Å². The molecule has 0 aliphatic heterocycles. The van der Waals surface area contributed by atoms with E-state index in [1.807, 2.05) is 19.1 Å². The lowest BCUT2D eigenvalue weighted by molar-refractivity contribution is 0.110. The van der Waals surface area contributed by atoms with E-state index in [-0.39, 0.29) is 0 Å². The number of benzene rings is 1. The van der Waals surface area contributed by atoms with E-state index in [2.05, 4.69) is 11.2 Å². The molecule has 1 aliphatic carbocycles. The zero-order valence-electron chi connectivity index (χ0n) is 10.7. The third-order valence-electron chi connectivity index (χ3n) is 3.07. The van der Waals surface area contributed by atoms with Crippen LogP contribution in [0, 0.1) is 0 Å². The molecular weight excluding hydrogens is 230 g/mol. The largest absolute Gasteiger partial charge is 0.491 e. The molecule has 98 valence electrons. The van der Waals surface area contributed by atoms with Crippen LogP contribution in [0.2, 0.25) is 0 Å². The molecule has 0 spiro atoms. The van der Waals surface area contributed by atoms with Crippen LogP contribution in [0.3, 0.4) is 0 Å². The van der Waals surface area contributed by atoms with Crippen molar-refractivity contribution < 1.29 is 14.7 Å². The lowest BCUT2D eigenvalue weighted by Crippen LogP contribution is -2.13. The molecule has 0 fully saturated rings. The fraction of sp³-hybridized carbons (Fsp3) is 0.500. The van der Waals surface area contributed by atoms with E-state index in [0.717, 1.165) is 36.3 Å². The Balaban J connectivity index is 2.06. The van der Waals surface area contributed by atoms with Crippen LogP contribution in [0.1, 0.15) is 30.9 Å². The van der Waals surface area contributed by atoms with E-state index < -0.39 is 0 Å². The van der Waals surface area contributed by atoms with Gasteiger partial charge in [-0.1, -0.05) is 11.2 Å². The number of hydrogen-bond donors (Lipinski definition) is 1. The Morgan fingerprint density at radius 3 is 2.94 bits per heavy atom. The van der Waals surface area contributed by atoms with Crippen LogP contribution in [0.15, 0.2) is 23.4 Å². The summed E-state index contributed by atoms with van der Waals surface area (Å²) >= 11 is 0. The van der Waals surface area contributed by atoms with Crippen molar-refractivity contribution in [3.63, 3.8) is 0 Å². The van der Waals surface area contributed by atoms with Crippen molar-refractivity contribution in [1.29, 1.82) is 0 Å². The van der Waals surface area contributed by atoms with Gasteiger partial charge in [0.15, 0.2) is 0 Å². The molecule has 2 rings (SSSR count). The summed E-state index contributed by atoms with van der Waals surface area (Å²) < 4.78 is 10.8. The Morgan fingerprint density at radius 2 is 2.17 bits per heavy atom. The standard InChI is InChI=1S/C14H19NO3/c1-2-17-8-9-18-12-7-6-11-4-3-5-14(15-16)13(11)10-12/h6-7,10,16H,2-5,8-9H2,1H3/b15-14-. The van der Waals surface area contributed by atoms with Crippen LogP contribution in [-0.2, 0) is 11.2 Å². The minimum atomic E-state index is 0.540. The molecule has 1 aromatic rings. The van der Waals surface area contributed by atoms with E-state index in [1.54, 1.807) is 0 Å². The van der Waals surface area contributed by atoms with Gasteiger partial charge < -0.3 is 14.7 Å². The molecule has 1 N–H and O–H groups in total. The molecule has 0 aromatic heterocycles. The number of oxime groups is 1. The maximum atomic E-state index is 9.00. The Morgan fingerprint density at radius 1 is 1.28 bits per heavy atom. The highest BCUT2D eigenvalue weighted by Crippen LogP contribution is 2.25. The second kappa shape index (κ2) is 6.40. The Hall–Kier alpha value is -1.55. The van der Waals surface area contributed by atoms with Gasteiger partial charge in [0.2, 0.25) is 0 Å². The van der Waals surface area contributed by atoms with Crippen LogP contribution < -0.4 is 4.74 Å². The van der Waals surface area contributed by atoms with Gasteiger partial charge >= 0.3 is 0 Å². The molecular formula is C14H19NO3. The molecule has 0 unspecified atom stereocenters. The quantitative estimate of drug-likeness (QED) is 0.496. The van der Waals surface area contributed by atoms with Crippen molar-refractivity contribution in [2.45, 2.75) is 26.2 Å². The van der Waals surface area contributed by atoms with Gasteiger partial charge in [-0.05, 0) is 43.9 Å². The molecule has 0 amide bonds. The molecule has 4 nitrogen and oxygen atoms in total. The van der Waals surface area contributed by atoms with E-state index in [9.17, 15) is 0 Å². The van der Waals surface area contributed by atoms with E-state index in [0.29, 0.717) is 19.8 Å². The van der Waals surface area contributed by atoms with Crippen molar-refractivity contribution in [1.82, 2.24) is 0 Å². The van der Waals surface area contributed by atoms with Crippen molar-refractivity contribution in [2.75, 3.05) is 19.8 Å². The Labute approximate surface area is 107 Å². The molecule has 0 saturated heterocycles. The zero-order chi connectivity index (χ0) is 12.8. The topological polar surface area (TPSA) is 51.0 Å². The lowest BCUT2D eigenvalue weighted by atomic mass is 9.90. The van der Waals surface area contributed by atoms with Gasteiger partial charge in [-0.25, -0.2) is 0 Å². The predicted molar refractivity (Wildman–Crippen MR) is 69.7 cm³/mol. The van der Waals surface area contributed by atoms with Crippen LogP contribution in [0.4, 0.5) is 0 Å². The number of nitrogens with zero attached hydrogens (tertiary/aromatic N) is 1. The van der Waals surface area contributed by atoms with Crippen molar-refractivity contribution >= 4 is 5.71 Å². The Bertz CT molecular complexity index is 429. The first-order valence-corrected chi connectivity index (χ1v) is 6.40. The van der Waals surface area contributed by atoms with Gasteiger partial charge in [0.05, 0.1) is 12.3 Å². The van der Waals surface area contributed by atoms with Crippen molar-refractivity contribution in [3.05, 3.63) is 29.3 Å². The summed E-state index contributed by atoms with van der Waals surface area (Å²) in [6, 6.07) is 5.97. The van der Waals surface area contributed by atoms with Gasteiger partial charge in [-0.15, -0.1) is 0 Å². The van der Waals surface area contributed by atoms with Crippen molar-refractivity contribution in [3.8, 4) is 5.75 Å². The monoisotopic (exact) mass is 249 g/mol. The summed E-state index contributed by atoms with van der Waals surface area (Å²) in [5.41, 5.74) is 3.00. The van der Waals surface area contributed by atoms with Crippen LogP contribution in [0.5, 0.6) is 5.75 Å². The number of rotatable bonds is 5. The SMILES string of the molecule is CCOCCOc1ccc2c(c1)/C(=N\O)CCC2. The predicted octanol–water partition coefficient (Wildman–Crippen LogP) is 2.62. The maximum Gasteiger partial charge on any atom is 0.120 e. The normalized spacial score (nSPS) is 16.6. The molecule has 1 aromatic carbocycles. The van der Waals surface area contributed by atoms with Gasteiger partial charge in [-0.2, -0.15) is 0 Å². The number of hydrogen-bond acceptors (Lipinski definition) is 4. The summed E-state index contributed by atoms with van der Waals surface area (Å²) in [6.07, 6.45) is 2.90. The molecule has 0 heterocycles. The fourth-order valence-electron chi connectivity index (χ4n) is 2.18. The third kappa shape index (κ3) is 3.01. The highest BCUT2D eigenvalue weighted by Gasteiger charge is 2.16. The van der Waals surface area contributed by atoms with Crippen molar-refractivity contribution in [2.24, 2.45) is 5.16 Å². The number of fused-ring (bicyclic) bond motifs is 1. The van der Waals surface area contributed by atoms with Crippen LogP contribution in [0.25, 0.3) is 0 Å². The van der Waals surface area contributed by atoms with Crippen LogP contribution >= 0.6 is 0 Å². The Kier molecular flexibility index (Phi) is 4.59. The lowest BCUT2D eigenvalue weighted by Gasteiger charge is -2.17.